The fourth-order valence-electron chi connectivity index (χ4n) is 2.09. The van der Waals surface area contributed by atoms with Crippen molar-refractivity contribution < 1.29 is 4.79 Å². The van der Waals surface area contributed by atoms with Gasteiger partial charge in [0.15, 0.2) is 0 Å². The lowest BCUT2D eigenvalue weighted by Crippen LogP contribution is -2.33. The number of nitrogens with one attached hydrogen (secondary N) is 1. The maximum atomic E-state index is 11.6. The summed E-state index contributed by atoms with van der Waals surface area (Å²) in [6.45, 7) is 6.53. The second-order valence-electron chi connectivity index (χ2n) is 4.90. The minimum absolute atomic E-state index is 0.249. The van der Waals surface area contributed by atoms with E-state index >= 15 is 0 Å². The first-order valence-electron chi connectivity index (χ1n) is 5.91. The fraction of sp³-hybridized carbons (Fsp3) is 0.917. The van der Waals surface area contributed by atoms with Gasteiger partial charge in [-0.2, -0.15) is 0 Å². The molecule has 0 aromatic heterocycles. The monoisotopic (exact) mass is 197 g/mol. The van der Waals surface area contributed by atoms with Crippen LogP contribution >= 0.6 is 0 Å². The average Bonchev–Trinajstić information content (AvgIpc) is 2.50. The number of hydrogen-bond acceptors (Lipinski definition) is 1. The molecule has 0 heterocycles. The second-order valence-corrected chi connectivity index (χ2v) is 4.90. The van der Waals surface area contributed by atoms with Crippen molar-refractivity contribution in [3.05, 3.63) is 0 Å². The molecule has 1 rings (SSSR count). The van der Waals surface area contributed by atoms with Crippen LogP contribution in [0.25, 0.3) is 0 Å². The molecule has 1 saturated carbocycles. The number of rotatable bonds is 4. The number of amides is 1. The van der Waals surface area contributed by atoms with Crippen molar-refractivity contribution in [3.63, 3.8) is 0 Å². The molecule has 3 atom stereocenters. The normalized spacial score (nSPS) is 28.8. The van der Waals surface area contributed by atoms with Gasteiger partial charge in [-0.15, -0.1) is 0 Å². The van der Waals surface area contributed by atoms with Crippen LogP contribution in [0.3, 0.4) is 0 Å². The highest BCUT2D eigenvalue weighted by Crippen LogP contribution is 2.24. The molecule has 0 aromatic carbocycles. The van der Waals surface area contributed by atoms with Gasteiger partial charge in [0, 0.05) is 12.5 Å². The molecule has 0 bridgehead atoms. The molecule has 0 saturated heterocycles. The van der Waals surface area contributed by atoms with E-state index in [4.69, 9.17) is 0 Å². The van der Waals surface area contributed by atoms with Gasteiger partial charge in [-0.25, -0.2) is 0 Å². The minimum Gasteiger partial charge on any atom is -0.353 e. The van der Waals surface area contributed by atoms with Crippen LogP contribution in [0.15, 0.2) is 0 Å². The molecule has 0 aromatic rings. The Morgan fingerprint density at radius 3 is 2.71 bits per heavy atom. The van der Waals surface area contributed by atoms with E-state index < -0.39 is 0 Å². The smallest absolute Gasteiger partial charge is 0.220 e. The summed E-state index contributed by atoms with van der Waals surface area (Å²) in [5, 5.41) is 3.14. The largest absolute Gasteiger partial charge is 0.353 e. The van der Waals surface area contributed by atoms with Crippen molar-refractivity contribution >= 4 is 5.91 Å². The third-order valence-corrected chi connectivity index (χ3v) is 3.29. The molecule has 2 nitrogen and oxygen atoms in total. The van der Waals surface area contributed by atoms with E-state index in [9.17, 15) is 4.79 Å². The van der Waals surface area contributed by atoms with Crippen LogP contribution in [-0.2, 0) is 4.79 Å². The van der Waals surface area contributed by atoms with Gasteiger partial charge in [0.2, 0.25) is 5.91 Å². The molecule has 0 radical (unpaired) electrons. The third kappa shape index (κ3) is 3.69. The first-order valence-corrected chi connectivity index (χ1v) is 5.91. The molecule has 1 amide bonds. The summed E-state index contributed by atoms with van der Waals surface area (Å²) in [4.78, 5) is 11.6. The van der Waals surface area contributed by atoms with Gasteiger partial charge in [-0.3, -0.25) is 4.79 Å². The van der Waals surface area contributed by atoms with Gasteiger partial charge < -0.3 is 5.32 Å². The SMILES string of the molecule is CCC(C)CC(=O)NC1CCC(C)C1. The van der Waals surface area contributed by atoms with E-state index in [1.807, 2.05) is 0 Å². The lowest BCUT2D eigenvalue weighted by atomic mass is 10.0. The maximum Gasteiger partial charge on any atom is 0.220 e. The molecule has 0 aliphatic heterocycles. The molecule has 1 aliphatic carbocycles. The van der Waals surface area contributed by atoms with E-state index in [0.29, 0.717) is 18.4 Å². The van der Waals surface area contributed by atoms with Crippen molar-refractivity contribution in [1.82, 2.24) is 5.32 Å². The van der Waals surface area contributed by atoms with Crippen molar-refractivity contribution in [2.24, 2.45) is 11.8 Å². The van der Waals surface area contributed by atoms with Crippen LogP contribution in [0, 0.1) is 11.8 Å². The summed E-state index contributed by atoms with van der Waals surface area (Å²) in [6, 6.07) is 0.460. The van der Waals surface area contributed by atoms with Gasteiger partial charge in [0.25, 0.3) is 0 Å². The highest BCUT2D eigenvalue weighted by molar-refractivity contribution is 5.76. The Labute approximate surface area is 87.5 Å². The summed E-state index contributed by atoms with van der Waals surface area (Å²) in [5.41, 5.74) is 0. The van der Waals surface area contributed by atoms with Crippen molar-refractivity contribution in [3.8, 4) is 0 Å². The first-order chi connectivity index (χ1) is 6.61. The minimum atomic E-state index is 0.249. The Morgan fingerprint density at radius 2 is 2.21 bits per heavy atom. The lowest BCUT2D eigenvalue weighted by Gasteiger charge is -2.14. The zero-order valence-corrected chi connectivity index (χ0v) is 9.68. The Kier molecular flexibility index (Phi) is 4.43. The molecule has 0 spiro atoms. The molecule has 1 N–H and O–H groups in total. The zero-order valence-electron chi connectivity index (χ0n) is 9.68. The van der Waals surface area contributed by atoms with Crippen LogP contribution < -0.4 is 5.32 Å². The maximum absolute atomic E-state index is 11.6. The summed E-state index contributed by atoms with van der Waals surface area (Å²) >= 11 is 0. The van der Waals surface area contributed by atoms with Crippen molar-refractivity contribution in [1.29, 1.82) is 0 Å². The summed E-state index contributed by atoms with van der Waals surface area (Å²) in [6.07, 6.45) is 5.41. The molecule has 82 valence electrons. The number of carbonyl (C=O) groups is 1. The quantitative estimate of drug-likeness (QED) is 0.737. The van der Waals surface area contributed by atoms with E-state index in [2.05, 4.69) is 26.1 Å². The highest BCUT2D eigenvalue weighted by atomic mass is 16.1. The lowest BCUT2D eigenvalue weighted by molar-refractivity contribution is -0.122. The van der Waals surface area contributed by atoms with Crippen LogP contribution in [0.5, 0.6) is 0 Å². The van der Waals surface area contributed by atoms with E-state index in [1.165, 1.54) is 19.3 Å². The molecule has 1 fully saturated rings. The van der Waals surface area contributed by atoms with Gasteiger partial charge in [-0.05, 0) is 31.1 Å². The van der Waals surface area contributed by atoms with E-state index in [1.54, 1.807) is 0 Å². The molecule has 1 aliphatic rings. The molecular formula is C12H23NO. The fourth-order valence-corrected chi connectivity index (χ4v) is 2.09. The highest BCUT2D eigenvalue weighted by Gasteiger charge is 2.22. The van der Waals surface area contributed by atoms with Crippen LogP contribution in [0.4, 0.5) is 0 Å². The van der Waals surface area contributed by atoms with Gasteiger partial charge in [0.1, 0.15) is 0 Å². The molecule has 2 heteroatoms. The Bertz CT molecular complexity index is 191. The summed E-state index contributed by atoms with van der Waals surface area (Å²) < 4.78 is 0. The molecular weight excluding hydrogens is 174 g/mol. The Morgan fingerprint density at radius 1 is 1.50 bits per heavy atom. The van der Waals surface area contributed by atoms with Gasteiger partial charge >= 0.3 is 0 Å². The standard InChI is InChI=1S/C12H23NO/c1-4-9(2)8-12(14)13-11-6-5-10(3)7-11/h9-11H,4-8H2,1-3H3,(H,13,14). The predicted octanol–water partition coefficient (Wildman–Crippen LogP) is 2.73. The van der Waals surface area contributed by atoms with E-state index in [-0.39, 0.29) is 5.91 Å². The van der Waals surface area contributed by atoms with Crippen molar-refractivity contribution in [2.75, 3.05) is 0 Å². The average molecular weight is 197 g/mol. The molecule has 3 unspecified atom stereocenters. The van der Waals surface area contributed by atoms with Crippen LogP contribution in [0.1, 0.15) is 52.9 Å². The van der Waals surface area contributed by atoms with Gasteiger partial charge in [-0.1, -0.05) is 27.2 Å². The zero-order chi connectivity index (χ0) is 10.6. The number of hydrogen-bond donors (Lipinski definition) is 1. The van der Waals surface area contributed by atoms with Gasteiger partial charge in [0.05, 0.1) is 0 Å². The third-order valence-electron chi connectivity index (χ3n) is 3.29. The predicted molar refractivity (Wildman–Crippen MR) is 59.0 cm³/mol. The second kappa shape index (κ2) is 5.38. The van der Waals surface area contributed by atoms with Crippen molar-refractivity contribution in [2.45, 2.75) is 58.9 Å². The number of carbonyl (C=O) groups excluding carboxylic acids is 1. The molecule has 14 heavy (non-hydrogen) atoms. The topological polar surface area (TPSA) is 29.1 Å². The summed E-state index contributed by atoms with van der Waals surface area (Å²) in [7, 11) is 0. The Hall–Kier alpha value is -0.530. The first kappa shape index (κ1) is 11.5. The summed E-state index contributed by atoms with van der Waals surface area (Å²) in [5.74, 6) is 1.57. The van der Waals surface area contributed by atoms with Crippen LogP contribution in [0.2, 0.25) is 0 Å². The Balaban J connectivity index is 2.20. The van der Waals surface area contributed by atoms with E-state index in [0.717, 1.165) is 12.3 Å². The van der Waals surface area contributed by atoms with Crippen LogP contribution in [-0.4, -0.2) is 11.9 Å².